The molecule has 1 amide bonds. The molecular weight excluding hydrogens is 370 g/mol. The molecule has 1 aliphatic rings. The van der Waals surface area contributed by atoms with E-state index in [1.54, 1.807) is 18.4 Å². The van der Waals surface area contributed by atoms with Gasteiger partial charge in [0.25, 0.3) is 5.91 Å². The second-order valence-corrected chi connectivity index (χ2v) is 8.21. The molecule has 6 heteroatoms. The van der Waals surface area contributed by atoms with Gasteiger partial charge in [0.15, 0.2) is 0 Å². The molecule has 1 fully saturated rings. The van der Waals surface area contributed by atoms with Crippen LogP contribution in [-0.2, 0) is 11.3 Å². The minimum atomic E-state index is -0.0144. The average Bonchev–Trinajstić information content (AvgIpc) is 3.38. The average molecular weight is 396 g/mol. The number of likely N-dealkylation sites (tertiary alicyclic amines) is 1. The number of benzene rings is 1. The summed E-state index contributed by atoms with van der Waals surface area (Å²) in [6, 6.07) is 13.0. The Labute approximate surface area is 169 Å². The van der Waals surface area contributed by atoms with Crippen molar-refractivity contribution in [3.05, 3.63) is 64.1 Å². The molecule has 0 aliphatic carbocycles. The minimum absolute atomic E-state index is 0.0144. The van der Waals surface area contributed by atoms with Crippen molar-refractivity contribution in [3.8, 4) is 0 Å². The van der Waals surface area contributed by atoms with Gasteiger partial charge in [-0.2, -0.15) is 0 Å². The molecule has 0 radical (unpaired) electrons. The summed E-state index contributed by atoms with van der Waals surface area (Å²) < 4.78 is 4.99. The maximum atomic E-state index is 12.3. The number of rotatable bonds is 7. The van der Waals surface area contributed by atoms with Gasteiger partial charge in [0.1, 0.15) is 0 Å². The van der Waals surface area contributed by atoms with Crippen LogP contribution in [0.3, 0.4) is 0 Å². The van der Waals surface area contributed by atoms with Crippen molar-refractivity contribution >= 4 is 28.0 Å². The van der Waals surface area contributed by atoms with E-state index >= 15 is 0 Å². The molecule has 0 spiro atoms. The number of ether oxygens (including phenoxy) is 1. The van der Waals surface area contributed by atoms with Gasteiger partial charge in [0.05, 0.1) is 11.5 Å². The molecular formula is C22H25N3O2S. The molecule has 1 aromatic carbocycles. The summed E-state index contributed by atoms with van der Waals surface area (Å²) in [5, 5.41) is 5.36. The zero-order chi connectivity index (χ0) is 19.3. The number of hydrogen-bond acceptors (Lipinski definition) is 5. The molecule has 28 heavy (non-hydrogen) atoms. The lowest BCUT2D eigenvalue weighted by Gasteiger charge is -2.24. The van der Waals surface area contributed by atoms with Crippen LogP contribution in [0.25, 0.3) is 10.8 Å². The Bertz CT molecular complexity index is 950. The van der Waals surface area contributed by atoms with Crippen LogP contribution in [0.4, 0.5) is 0 Å². The lowest BCUT2D eigenvalue weighted by molar-refractivity contribution is 0.0941. The van der Waals surface area contributed by atoms with E-state index in [1.807, 2.05) is 18.5 Å². The molecule has 0 saturated carbocycles. The van der Waals surface area contributed by atoms with E-state index in [-0.39, 0.29) is 5.91 Å². The third-order valence-electron chi connectivity index (χ3n) is 5.28. The summed E-state index contributed by atoms with van der Waals surface area (Å²) in [6.07, 6.45) is 6.11. The smallest absolute Gasteiger partial charge is 0.261 e. The fourth-order valence-corrected chi connectivity index (χ4v) is 4.99. The summed E-state index contributed by atoms with van der Waals surface area (Å²) in [5.74, 6) is -0.0144. The van der Waals surface area contributed by atoms with E-state index in [9.17, 15) is 4.79 Å². The highest BCUT2D eigenvalue weighted by molar-refractivity contribution is 7.14. The van der Waals surface area contributed by atoms with Gasteiger partial charge in [-0.25, -0.2) is 0 Å². The highest BCUT2D eigenvalue weighted by atomic mass is 32.1. The summed E-state index contributed by atoms with van der Waals surface area (Å²) in [7, 11) is 1.64. The first-order valence-electron chi connectivity index (χ1n) is 9.69. The maximum Gasteiger partial charge on any atom is 0.261 e. The largest absolute Gasteiger partial charge is 0.383 e. The van der Waals surface area contributed by atoms with Crippen LogP contribution in [0.5, 0.6) is 0 Å². The second-order valence-electron chi connectivity index (χ2n) is 7.09. The first kappa shape index (κ1) is 19.1. The molecule has 0 unspecified atom stereocenters. The quantitative estimate of drug-likeness (QED) is 0.614. The number of nitrogens with one attached hydrogen (secondary N) is 1. The van der Waals surface area contributed by atoms with Gasteiger partial charge >= 0.3 is 0 Å². The summed E-state index contributed by atoms with van der Waals surface area (Å²) in [6.45, 7) is 3.06. The van der Waals surface area contributed by atoms with Crippen LogP contribution < -0.4 is 5.32 Å². The normalized spacial score (nSPS) is 17.2. The predicted octanol–water partition coefficient (Wildman–Crippen LogP) is 4.01. The van der Waals surface area contributed by atoms with Crippen molar-refractivity contribution in [2.75, 3.05) is 26.8 Å². The molecule has 3 aromatic rings. The lowest BCUT2D eigenvalue weighted by Crippen LogP contribution is -2.26. The SMILES string of the molecule is COCCNC(=O)c1ccc([C@H]2CCCN2Cc2cccc3cnccc23)s1. The number of carbonyl (C=O) groups is 1. The monoisotopic (exact) mass is 395 g/mol. The number of nitrogens with zero attached hydrogens (tertiary/aromatic N) is 2. The standard InChI is InChI=1S/C22H25N3O2S/c1-27-13-11-24-22(26)21-8-7-20(28-21)19-6-3-12-25(19)15-17-5-2-4-16-14-23-10-9-18(16)17/h2,4-5,7-10,14,19H,3,6,11-13,15H2,1H3,(H,24,26)/t19-/m1/s1. The molecule has 146 valence electrons. The number of methoxy groups -OCH3 is 1. The molecule has 2 aromatic heterocycles. The highest BCUT2D eigenvalue weighted by Gasteiger charge is 2.28. The van der Waals surface area contributed by atoms with Gasteiger partial charge < -0.3 is 10.1 Å². The summed E-state index contributed by atoms with van der Waals surface area (Å²) in [5.41, 5.74) is 1.33. The zero-order valence-electron chi connectivity index (χ0n) is 16.1. The number of aromatic nitrogens is 1. The van der Waals surface area contributed by atoms with Crippen molar-refractivity contribution in [1.82, 2.24) is 15.2 Å². The molecule has 3 heterocycles. The Morgan fingerprint density at radius 1 is 1.32 bits per heavy atom. The van der Waals surface area contributed by atoms with E-state index in [0.717, 1.165) is 24.4 Å². The first-order chi connectivity index (χ1) is 13.8. The fraction of sp³-hybridized carbons (Fsp3) is 0.364. The van der Waals surface area contributed by atoms with Crippen LogP contribution in [0.2, 0.25) is 0 Å². The Hall–Kier alpha value is -2.28. The Balaban J connectivity index is 1.49. The minimum Gasteiger partial charge on any atom is -0.383 e. The lowest BCUT2D eigenvalue weighted by atomic mass is 10.1. The van der Waals surface area contributed by atoms with Crippen LogP contribution in [0.15, 0.2) is 48.8 Å². The van der Waals surface area contributed by atoms with Crippen molar-refractivity contribution in [2.45, 2.75) is 25.4 Å². The van der Waals surface area contributed by atoms with Crippen molar-refractivity contribution in [1.29, 1.82) is 0 Å². The molecule has 1 saturated heterocycles. The van der Waals surface area contributed by atoms with Gasteiger partial charge in [-0.1, -0.05) is 18.2 Å². The van der Waals surface area contributed by atoms with Crippen molar-refractivity contribution in [2.24, 2.45) is 0 Å². The van der Waals surface area contributed by atoms with Crippen LogP contribution in [0.1, 0.15) is 39.0 Å². The third-order valence-corrected chi connectivity index (χ3v) is 6.46. The molecule has 1 aliphatic heterocycles. The van der Waals surface area contributed by atoms with Crippen molar-refractivity contribution < 1.29 is 9.53 Å². The van der Waals surface area contributed by atoms with Gasteiger partial charge in [-0.15, -0.1) is 11.3 Å². The third kappa shape index (κ3) is 4.09. The first-order valence-corrected chi connectivity index (χ1v) is 10.5. The van der Waals surface area contributed by atoms with E-state index in [0.29, 0.717) is 19.2 Å². The topological polar surface area (TPSA) is 54.5 Å². The van der Waals surface area contributed by atoms with Gasteiger partial charge in [0.2, 0.25) is 0 Å². The fourth-order valence-electron chi connectivity index (χ4n) is 3.89. The Morgan fingerprint density at radius 2 is 2.25 bits per heavy atom. The predicted molar refractivity (Wildman–Crippen MR) is 113 cm³/mol. The number of carbonyl (C=O) groups excluding carboxylic acids is 1. The van der Waals surface area contributed by atoms with E-state index in [1.165, 1.54) is 27.6 Å². The van der Waals surface area contributed by atoms with Gasteiger partial charge in [-0.3, -0.25) is 14.7 Å². The Kier molecular flexibility index (Phi) is 6.00. The Morgan fingerprint density at radius 3 is 3.14 bits per heavy atom. The highest BCUT2D eigenvalue weighted by Crippen LogP contribution is 2.37. The van der Waals surface area contributed by atoms with Crippen LogP contribution in [0, 0.1) is 0 Å². The van der Waals surface area contributed by atoms with Crippen molar-refractivity contribution in [3.63, 3.8) is 0 Å². The number of pyridine rings is 1. The van der Waals surface area contributed by atoms with Gasteiger partial charge in [0, 0.05) is 48.9 Å². The molecule has 0 bridgehead atoms. The molecule has 1 N–H and O–H groups in total. The molecule has 1 atom stereocenters. The van der Waals surface area contributed by atoms with Gasteiger partial charge in [-0.05, 0) is 48.5 Å². The summed E-state index contributed by atoms with van der Waals surface area (Å²) >= 11 is 1.61. The second kappa shape index (κ2) is 8.82. The molecule has 4 rings (SSSR count). The maximum absolute atomic E-state index is 12.3. The number of amides is 1. The van der Waals surface area contributed by atoms with Crippen LogP contribution in [-0.4, -0.2) is 42.6 Å². The zero-order valence-corrected chi connectivity index (χ0v) is 16.9. The molecule has 5 nitrogen and oxygen atoms in total. The van der Waals surface area contributed by atoms with E-state index < -0.39 is 0 Å². The van der Waals surface area contributed by atoms with E-state index in [2.05, 4.69) is 45.5 Å². The number of thiophene rings is 1. The van der Waals surface area contributed by atoms with Crippen LogP contribution >= 0.6 is 11.3 Å². The summed E-state index contributed by atoms with van der Waals surface area (Å²) in [4.78, 5) is 21.1. The van der Waals surface area contributed by atoms with E-state index in [4.69, 9.17) is 4.74 Å². The number of hydrogen-bond donors (Lipinski definition) is 1. The number of fused-ring (bicyclic) bond motifs is 1.